The van der Waals surface area contributed by atoms with E-state index < -0.39 is 0 Å². The van der Waals surface area contributed by atoms with Gasteiger partial charge in [0.2, 0.25) is 0 Å². The third kappa shape index (κ3) is 10.6. The van der Waals surface area contributed by atoms with Gasteiger partial charge in [0, 0.05) is 33.4 Å². The first kappa shape index (κ1) is 22.2. The second kappa shape index (κ2) is 11.7. The number of methoxy groups -OCH3 is 1. The molecule has 0 aromatic heterocycles. The lowest BCUT2D eigenvalue weighted by Gasteiger charge is -2.30. The molecular formula is C18H39N3O2. The first-order valence-electron chi connectivity index (χ1n) is 8.90. The van der Waals surface area contributed by atoms with Crippen LogP contribution >= 0.6 is 0 Å². The van der Waals surface area contributed by atoms with Crippen LogP contribution in [-0.2, 0) is 4.74 Å². The third-order valence-electron chi connectivity index (χ3n) is 3.90. The first-order valence-corrected chi connectivity index (χ1v) is 8.90. The zero-order valence-electron chi connectivity index (χ0n) is 16.3. The van der Waals surface area contributed by atoms with Crippen LogP contribution in [0.2, 0.25) is 0 Å². The molecule has 0 aromatic carbocycles. The van der Waals surface area contributed by atoms with E-state index in [1.807, 2.05) is 0 Å². The van der Waals surface area contributed by atoms with Gasteiger partial charge >= 0.3 is 0 Å². The number of nitrogens with zero attached hydrogens (tertiary/aromatic N) is 1. The van der Waals surface area contributed by atoms with E-state index >= 15 is 0 Å². The summed E-state index contributed by atoms with van der Waals surface area (Å²) in [5.41, 5.74) is 0.0795. The number of hydrogen-bond acceptors (Lipinski definition) is 3. The molecule has 0 bridgehead atoms. The lowest BCUT2D eigenvalue weighted by Crippen LogP contribution is -2.45. The molecule has 0 aliphatic carbocycles. The van der Waals surface area contributed by atoms with Crippen molar-refractivity contribution in [2.45, 2.75) is 60.5 Å². The van der Waals surface area contributed by atoms with Crippen molar-refractivity contribution in [2.75, 3.05) is 33.4 Å². The van der Waals surface area contributed by atoms with Crippen molar-refractivity contribution in [1.29, 1.82) is 0 Å². The largest absolute Gasteiger partial charge is 0.396 e. The fraction of sp³-hybridized carbons (Fsp3) is 0.944. The van der Waals surface area contributed by atoms with E-state index in [4.69, 9.17) is 9.73 Å². The molecule has 0 aliphatic rings. The van der Waals surface area contributed by atoms with Gasteiger partial charge in [-0.2, -0.15) is 0 Å². The number of aliphatic hydroxyl groups is 1. The maximum atomic E-state index is 9.22. The van der Waals surface area contributed by atoms with Crippen LogP contribution < -0.4 is 10.6 Å². The summed E-state index contributed by atoms with van der Waals surface area (Å²) in [7, 11) is 1.75. The van der Waals surface area contributed by atoms with Crippen LogP contribution in [-0.4, -0.2) is 50.5 Å². The summed E-state index contributed by atoms with van der Waals surface area (Å²) >= 11 is 0. The van der Waals surface area contributed by atoms with E-state index in [2.05, 4.69) is 52.2 Å². The summed E-state index contributed by atoms with van der Waals surface area (Å²) in [5, 5.41) is 15.9. The lowest BCUT2D eigenvalue weighted by atomic mass is 9.89. The Labute approximate surface area is 143 Å². The fourth-order valence-electron chi connectivity index (χ4n) is 2.63. The summed E-state index contributed by atoms with van der Waals surface area (Å²) in [6, 6.07) is 0. The molecule has 0 amide bonds. The van der Waals surface area contributed by atoms with E-state index in [1.165, 1.54) is 0 Å². The number of hydrogen-bond donors (Lipinski definition) is 3. The predicted octanol–water partition coefficient (Wildman–Crippen LogP) is 2.65. The Morgan fingerprint density at radius 2 is 1.87 bits per heavy atom. The highest BCUT2D eigenvalue weighted by atomic mass is 16.5. The minimum absolute atomic E-state index is 0.0795. The van der Waals surface area contributed by atoms with Crippen LogP contribution in [0.1, 0.15) is 54.4 Å². The summed E-state index contributed by atoms with van der Waals surface area (Å²) in [6.07, 6.45) is 2.02. The molecule has 2 atom stereocenters. The highest BCUT2D eigenvalue weighted by molar-refractivity contribution is 5.79. The Morgan fingerprint density at radius 1 is 1.22 bits per heavy atom. The normalized spacial score (nSPS) is 15.6. The lowest BCUT2D eigenvalue weighted by molar-refractivity contribution is 0.0205. The molecule has 0 aliphatic heterocycles. The summed E-state index contributed by atoms with van der Waals surface area (Å²) in [4.78, 5) is 4.70. The van der Waals surface area contributed by atoms with Crippen molar-refractivity contribution in [3.8, 4) is 0 Å². The smallest absolute Gasteiger partial charge is 0.191 e. The van der Waals surface area contributed by atoms with E-state index in [9.17, 15) is 5.11 Å². The van der Waals surface area contributed by atoms with Crippen molar-refractivity contribution < 1.29 is 9.84 Å². The van der Waals surface area contributed by atoms with Crippen molar-refractivity contribution >= 4 is 5.96 Å². The number of ether oxygens (including phenoxy) is 1. The number of guanidine groups is 1. The van der Waals surface area contributed by atoms with Gasteiger partial charge in [0.25, 0.3) is 0 Å². The maximum absolute atomic E-state index is 9.22. The molecular weight excluding hydrogens is 290 g/mol. The zero-order chi connectivity index (χ0) is 17.9. The van der Waals surface area contributed by atoms with E-state index in [0.717, 1.165) is 38.4 Å². The zero-order valence-corrected chi connectivity index (χ0v) is 16.3. The van der Waals surface area contributed by atoms with Crippen LogP contribution in [0.15, 0.2) is 4.99 Å². The van der Waals surface area contributed by atoms with Gasteiger partial charge in [-0.05, 0) is 37.0 Å². The van der Waals surface area contributed by atoms with Crippen LogP contribution in [0, 0.1) is 17.3 Å². The predicted molar refractivity (Wildman–Crippen MR) is 98.9 cm³/mol. The minimum atomic E-state index is 0.0795. The molecule has 0 saturated heterocycles. The third-order valence-corrected chi connectivity index (χ3v) is 3.90. The molecule has 0 fully saturated rings. The van der Waals surface area contributed by atoms with Crippen molar-refractivity contribution in [3.05, 3.63) is 0 Å². The molecule has 138 valence electrons. The number of nitrogens with one attached hydrogen (secondary N) is 2. The molecule has 0 aromatic rings. The Bertz CT molecular complexity index is 325. The van der Waals surface area contributed by atoms with Crippen LogP contribution in [0.4, 0.5) is 0 Å². The van der Waals surface area contributed by atoms with E-state index in [0.29, 0.717) is 11.8 Å². The number of aliphatic hydroxyl groups excluding tert-OH is 1. The van der Waals surface area contributed by atoms with Crippen LogP contribution in [0.25, 0.3) is 0 Å². The molecule has 0 heterocycles. The second-order valence-electron chi connectivity index (χ2n) is 7.70. The van der Waals surface area contributed by atoms with Gasteiger partial charge < -0.3 is 20.5 Å². The van der Waals surface area contributed by atoms with E-state index in [-0.39, 0.29) is 18.1 Å². The second-order valence-corrected chi connectivity index (χ2v) is 7.70. The Morgan fingerprint density at radius 3 is 2.30 bits per heavy atom. The average Bonchev–Trinajstić information content (AvgIpc) is 2.43. The van der Waals surface area contributed by atoms with Gasteiger partial charge in [0.05, 0.1) is 6.10 Å². The molecule has 0 spiro atoms. The highest BCUT2D eigenvalue weighted by Crippen LogP contribution is 2.21. The summed E-state index contributed by atoms with van der Waals surface area (Å²) in [5.74, 6) is 1.87. The molecule has 0 rings (SSSR count). The van der Waals surface area contributed by atoms with Gasteiger partial charge in [-0.15, -0.1) is 0 Å². The van der Waals surface area contributed by atoms with Gasteiger partial charge in [-0.25, -0.2) is 0 Å². The van der Waals surface area contributed by atoms with Crippen molar-refractivity contribution in [1.82, 2.24) is 10.6 Å². The topological polar surface area (TPSA) is 65.9 Å². The SMILES string of the molecule is CCNC(=NCC(CCO)CC(C)C)NCC(OC)C(C)(C)C. The van der Waals surface area contributed by atoms with Crippen molar-refractivity contribution in [2.24, 2.45) is 22.2 Å². The minimum Gasteiger partial charge on any atom is -0.396 e. The van der Waals surface area contributed by atoms with Gasteiger partial charge in [0.15, 0.2) is 5.96 Å². The van der Waals surface area contributed by atoms with E-state index in [1.54, 1.807) is 7.11 Å². The molecule has 0 radical (unpaired) electrons. The van der Waals surface area contributed by atoms with Crippen LogP contribution in [0.3, 0.4) is 0 Å². The fourth-order valence-corrected chi connectivity index (χ4v) is 2.63. The number of aliphatic imine (C=N–C) groups is 1. The quantitative estimate of drug-likeness (QED) is 0.426. The summed E-state index contributed by atoms with van der Waals surface area (Å²) in [6.45, 7) is 15.5. The molecule has 23 heavy (non-hydrogen) atoms. The Balaban J connectivity index is 4.68. The average molecular weight is 330 g/mol. The standard InChI is InChI=1S/C18H39N3O2/c1-8-19-17(21-13-16(23-7)18(4,5)6)20-12-15(9-10-22)11-14(2)3/h14-16,22H,8-13H2,1-7H3,(H2,19,20,21). The number of rotatable bonds is 10. The Kier molecular flexibility index (Phi) is 11.3. The van der Waals surface area contributed by atoms with Crippen LogP contribution in [0.5, 0.6) is 0 Å². The van der Waals surface area contributed by atoms with Gasteiger partial charge in [-0.1, -0.05) is 34.6 Å². The first-order chi connectivity index (χ1) is 10.7. The highest BCUT2D eigenvalue weighted by Gasteiger charge is 2.24. The Hall–Kier alpha value is -0.810. The summed E-state index contributed by atoms with van der Waals surface area (Å²) < 4.78 is 5.58. The maximum Gasteiger partial charge on any atom is 0.191 e. The van der Waals surface area contributed by atoms with Gasteiger partial charge in [-0.3, -0.25) is 4.99 Å². The monoisotopic (exact) mass is 329 g/mol. The molecule has 0 saturated carbocycles. The van der Waals surface area contributed by atoms with Gasteiger partial charge in [0.1, 0.15) is 0 Å². The molecule has 2 unspecified atom stereocenters. The molecule has 3 N–H and O–H groups in total. The molecule has 5 nitrogen and oxygen atoms in total. The van der Waals surface area contributed by atoms with Crippen molar-refractivity contribution in [3.63, 3.8) is 0 Å². The molecule has 5 heteroatoms.